The molecule has 0 aromatic heterocycles. The lowest BCUT2D eigenvalue weighted by atomic mass is 9.84. The first-order valence-corrected chi connectivity index (χ1v) is 7.29. The lowest BCUT2D eigenvalue weighted by molar-refractivity contribution is 0.319. The molecular weight excluding hydrogens is 239 g/mol. The number of anilines is 1. The average Bonchev–Trinajstić information content (AvgIpc) is 2.38. The summed E-state index contributed by atoms with van der Waals surface area (Å²) in [6.07, 6.45) is 4.91. The van der Waals surface area contributed by atoms with Crippen molar-refractivity contribution in [3.8, 4) is 0 Å². The Morgan fingerprint density at radius 1 is 1.32 bits per heavy atom. The van der Waals surface area contributed by atoms with Crippen LogP contribution in [0.2, 0.25) is 0 Å². The van der Waals surface area contributed by atoms with E-state index in [0.29, 0.717) is 17.6 Å². The molecule has 2 N–H and O–H groups in total. The zero-order valence-corrected chi connectivity index (χ0v) is 12.2. The van der Waals surface area contributed by atoms with Crippen LogP contribution >= 0.6 is 0 Å². The largest absolute Gasteiger partial charge is 0.369 e. The lowest BCUT2D eigenvalue weighted by Gasteiger charge is -2.39. The number of hydrogen-bond donors (Lipinski definition) is 1. The van der Waals surface area contributed by atoms with Crippen molar-refractivity contribution in [2.24, 2.45) is 11.7 Å². The highest BCUT2D eigenvalue weighted by Crippen LogP contribution is 2.35. The van der Waals surface area contributed by atoms with Crippen molar-refractivity contribution in [2.75, 3.05) is 11.9 Å². The number of para-hydroxylation sites is 1. The molecule has 1 aliphatic carbocycles. The summed E-state index contributed by atoms with van der Waals surface area (Å²) in [5.41, 5.74) is 7.59. The number of rotatable bonds is 3. The fourth-order valence-corrected chi connectivity index (χ4v) is 3.31. The third kappa shape index (κ3) is 2.92. The van der Waals surface area contributed by atoms with Crippen LogP contribution in [0.15, 0.2) is 18.2 Å². The molecule has 3 atom stereocenters. The fourth-order valence-electron chi connectivity index (χ4n) is 3.31. The summed E-state index contributed by atoms with van der Waals surface area (Å²) in [5, 5.41) is 0. The summed E-state index contributed by atoms with van der Waals surface area (Å²) >= 11 is 0. The van der Waals surface area contributed by atoms with Crippen molar-refractivity contribution in [1.82, 2.24) is 0 Å². The molecule has 0 heterocycles. The van der Waals surface area contributed by atoms with Gasteiger partial charge in [0.2, 0.25) is 0 Å². The Bertz CT molecular complexity index is 431. The van der Waals surface area contributed by atoms with Gasteiger partial charge < -0.3 is 10.6 Å². The Kier molecular flexibility index (Phi) is 4.46. The van der Waals surface area contributed by atoms with E-state index in [1.807, 2.05) is 20.0 Å². The number of benzene rings is 1. The van der Waals surface area contributed by atoms with Crippen molar-refractivity contribution in [3.05, 3.63) is 29.6 Å². The molecule has 1 aromatic rings. The normalized spacial score (nSPS) is 25.1. The van der Waals surface area contributed by atoms with Crippen LogP contribution in [0.1, 0.15) is 51.1 Å². The molecule has 3 unspecified atom stereocenters. The molecule has 2 rings (SSSR count). The van der Waals surface area contributed by atoms with Crippen molar-refractivity contribution < 1.29 is 4.39 Å². The number of hydrogen-bond acceptors (Lipinski definition) is 2. The predicted octanol–water partition coefficient (Wildman–Crippen LogP) is 3.86. The van der Waals surface area contributed by atoms with E-state index in [4.69, 9.17) is 5.73 Å². The average molecular weight is 264 g/mol. The summed E-state index contributed by atoms with van der Waals surface area (Å²) in [6, 6.07) is 5.49. The molecule has 0 radical (unpaired) electrons. The van der Waals surface area contributed by atoms with Gasteiger partial charge in [-0.25, -0.2) is 4.39 Å². The molecule has 0 saturated heterocycles. The standard InChI is InChI=1S/C16H25FN2/c1-11-7-4-5-10-15(11)19(3)16-13(12(2)18)8-6-9-14(16)17/h6,8-9,11-12,15H,4-5,7,10,18H2,1-3H3. The van der Waals surface area contributed by atoms with Crippen molar-refractivity contribution in [1.29, 1.82) is 0 Å². The SMILES string of the molecule is CC(N)c1cccc(F)c1N(C)C1CCCCC1C. The highest BCUT2D eigenvalue weighted by molar-refractivity contribution is 5.56. The number of nitrogens with two attached hydrogens (primary N) is 1. The summed E-state index contributed by atoms with van der Waals surface area (Å²) in [7, 11) is 2.01. The van der Waals surface area contributed by atoms with Gasteiger partial charge in [0, 0.05) is 19.1 Å². The Hall–Kier alpha value is -1.09. The predicted molar refractivity (Wildman–Crippen MR) is 78.8 cm³/mol. The van der Waals surface area contributed by atoms with Crippen molar-refractivity contribution >= 4 is 5.69 Å². The zero-order valence-electron chi connectivity index (χ0n) is 12.2. The highest BCUT2D eigenvalue weighted by Gasteiger charge is 2.28. The van der Waals surface area contributed by atoms with E-state index in [9.17, 15) is 4.39 Å². The van der Waals surface area contributed by atoms with Crippen LogP contribution in [0.25, 0.3) is 0 Å². The maximum Gasteiger partial charge on any atom is 0.146 e. The second kappa shape index (κ2) is 5.91. The second-order valence-electron chi connectivity index (χ2n) is 5.91. The zero-order chi connectivity index (χ0) is 14.0. The lowest BCUT2D eigenvalue weighted by Crippen LogP contribution is -2.40. The molecule has 0 aliphatic heterocycles. The molecule has 1 aliphatic rings. The van der Waals surface area contributed by atoms with E-state index in [-0.39, 0.29) is 11.9 Å². The van der Waals surface area contributed by atoms with Gasteiger partial charge in [-0.05, 0) is 37.3 Å². The maximum absolute atomic E-state index is 14.2. The van der Waals surface area contributed by atoms with Crippen LogP contribution in [0.4, 0.5) is 10.1 Å². The number of nitrogens with zero attached hydrogens (tertiary/aromatic N) is 1. The molecule has 0 bridgehead atoms. The molecule has 19 heavy (non-hydrogen) atoms. The first-order valence-electron chi connectivity index (χ1n) is 7.29. The molecule has 3 heteroatoms. The quantitative estimate of drug-likeness (QED) is 0.898. The van der Waals surface area contributed by atoms with Gasteiger partial charge in [-0.1, -0.05) is 31.9 Å². The fraction of sp³-hybridized carbons (Fsp3) is 0.625. The van der Waals surface area contributed by atoms with Crippen molar-refractivity contribution in [3.63, 3.8) is 0 Å². The minimum absolute atomic E-state index is 0.146. The van der Waals surface area contributed by atoms with Crippen LogP contribution in [0.5, 0.6) is 0 Å². The van der Waals surface area contributed by atoms with Crippen LogP contribution in [0.3, 0.4) is 0 Å². The van der Waals surface area contributed by atoms with E-state index in [1.54, 1.807) is 6.07 Å². The smallest absolute Gasteiger partial charge is 0.146 e. The Labute approximate surface area is 115 Å². The van der Waals surface area contributed by atoms with E-state index >= 15 is 0 Å². The highest BCUT2D eigenvalue weighted by atomic mass is 19.1. The summed E-state index contributed by atoms with van der Waals surface area (Å²) in [6.45, 7) is 4.18. The first kappa shape index (κ1) is 14.3. The molecule has 1 fully saturated rings. The molecule has 106 valence electrons. The van der Waals surface area contributed by atoms with Crippen LogP contribution in [0, 0.1) is 11.7 Å². The van der Waals surface area contributed by atoms with Gasteiger partial charge in [-0.3, -0.25) is 0 Å². The first-order chi connectivity index (χ1) is 9.02. The second-order valence-corrected chi connectivity index (χ2v) is 5.91. The third-order valence-corrected chi connectivity index (χ3v) is 4.42. The molecule has 0 amide bonds. The van der Waals surface area contributed by atoms with Gasteiger partial charge in [0.15, 0.2) is 0 Å². The summed E-state index contributed by atoms with van der Waals surface area (Å²) in [4.78, 5) is 2.12. The molecule has 1 aromatic carbocycles. The van der Waals surface area contributed by atoms with Gasteiger partial charge in [0.1, 0.15) is 5.82 Å². The molecular formula is C16H25FN2. The Morgan fingerprint density at radius 3 is 2.63 bits per heavy atom. The van der Waals surface area contributed by atoms with Gasteiger partial charge in [-0.15, -0.1) is 0 Å². The molecule has 2 nitrogen and oxygen atoms in total. The van der Waals surface area contributed by atoms with E-state index in [0.717, 1.165) is 12.0 Å². The van der Waals surface area contributed by atoms with Gasteiger partial charge in [0.05, 0.1) is 5.69 Å². The van der Waals surface area contributed by atoms with Crippen LogP contribution in [-0.2, 0) is 0 Å². The summed E-state index contributed by atoms with van der Waals surface area (Å²) in [5.74, 6) is 0.453. The van der Waals surface area contributed by atoms with Gasteiger partial charge in [0.25, 0.3) is 0 Å². The van der Waals surface area contributed by atoms with E-state index in [2.05, 4.69) is 11.8 Å². The Morgan fingerprint density at radius 2 is 2.00 bits per heavy atom. The maximum atomic E-state index is 14.2. The minimum atomic E-state index is -0.157. The minimum Gasteiger partial charge on any atom is -0.369 e. The van der Waals surface area contributed by atoms with Gasteiger partial charge >= 0.3 is 0 Å². The van der Waals surface area contributed by atoms with E-state index < -0.39 is 0 Å². The van der Waals surface area contributed by atoms with Crippen LogP contribution in [-0.4, -0.2) is 13.1 Å². The summed E-state index contributed by atoms with van der Waals surface area (Å²) < 4.78 is 14.2. The van der Waals surface area contributed by atoms with Crippen LogP contribution < -0.4 is 10.6 Å². The Balaban J connectivity index is 2.34. The van der Waals surface area contributed by atoms with E-state index in [1.165, 1.54) is 25.3 Å². The molecule has 1 saturated carbocycles. The van der Waals surface area contributed by atoms with Crippen molar-refractivity contribution in [2.45, 2.75) is 51.6 Å². The third-order valence-electron chi connectivity index (χ3n) is 4.42. The monoisotopic (exact) mass is 264 g/mol. The number of halogens is 1. The topological polar surface area (TPSA) is 29.3 Å². The molecule has 0 spiro atoms. The van der Waals surface area contributed by atoms with Gasteiger partial charge in [-0.2, -0.15) is 0 Å².